The highest BCUT2D eigenvalue weighted by Gasteiger charge is 2.31. The number of carbonyl (C=O) groups excluding carboxylic acids is 1. The fourth-order valence-electron chi connectivity index (χ4n) is 5.21. The fourth-order valence-corrected chi connectivity index (χ4v) is 5.21. The van der Waals surface area contributed by atoms with Crippen molar-refractivity contribution in [3.63, 3.8) is 0 Å². The minimum atomic E-state index is -4.41. The molecule has 36 heavy (non-hydrogen) atoms. The van der Waals surface area contributed by atoms with E-state index in [1.165, 1.54) is 49.2 Å². The van der Waals surface area contributed by atoms with Crippen molar-refractivity contribution in [2.75, 3.05) is 52.4 Å². The lowest BCUT2D eigenvalue weighted by Gasteiger charge is -2.39. The summed E-state index contributed by atoms with van der Waals surface area (Å²) in [5, 5.41) is 0. The SMILES string of the molecule is Cc1c(OCCN2CCCC2)ccc(C(C)N2CCN(C(=O)c3ccc(C(F)(F)F)cc3)CC2)c1C. The maximum atomic E-state index is 12.8. The zero-order valence-electron chi connectivity index (χ0n) is 21.4. The van der Waals surface area contributed by atoms with E-state index in [9.17, 15) is 18.0 Å². The van der Waals surface area contributed by atoms with Crippen molar-refractivity contribution in [3.8, 4) is 5.75 Å². The Morgan fingerprint density at radius 1 is 0.917 bits per heavy atom. The molecular formula is C28H36F3N3O2. The van der Waals surface area contributed by atoms with Gasteiger partial charge in [0.2, 0.25) is 0 Å². The highest BCUT2D eigenvalue weighted by molar-refractivity contribution is 5.94. The molecule has 196 valence electrons. The number of alkyl halides is 3. The van der Waals surface area contributed by atoms with Gasteiger partial charge in [-0.2, -0.15) is 13.2 Å². The van der Waals surface area contributed by atoms with Crippen LogP contribution >= 0.6 is 0 Å². The van der Waals surface area contributed by atoms with Crippen LogP contribution < -0.4 is 4.74 Å². The minimum absolute atomic E-state index is 0.186. The van der Waals surface area contributed by atoms with E-state index in [1.807, 2.05) is 0 Å². The van der Waals surface area contributed by atoms with Crippen LogP contribution in [0.5, 0.6) is 5.75 Å². The monoisotopic (exact) mass is 503 g/mol. The van der Waals surface area contributed by atoms with Gasteiger partial charge < -0.3 is 9.64 Å². The lowest BCUT2D eigenvalue weighted by atomic mass is 9.96. The molecule has 2 aromatic carbocycles. The lowest BCUT2D eigenvalue weighted by molar-refractivity contribution is -0.137. The largest absolute Gasteiger partial charge is 0.492 e. The summed E-state index contributed by atoms with van der Waals surface area (Å²) in [7, 11) is 0. The van der Waals surface area contributed by atoms with Gasteiger partial charge in [-0.25, -0.2) is 0 Å². The van der Waals surface area contributed by atoms with E-state index in [1.54, 1.807) is 4.90 Å². The first kappa shape index (κ1) is 26.5. The molecule has 8 heteroatoms. The Morgan fingerprint density at radius 3 is 2.17 bits per heavy atom. The Balaban J connectivity index is 1.32. The number of hydrogen-bond acceptors (Lipinski definition) is 4. The van der Waals surface area contributed by atoms with Gasteiger partial charge in [0.25, 0.3) is 5.91 Å². The number of piperazine rings is 1. The number of likely N-dealkylation sites (tertiary alicyclic amines) is 1. The molecule has 2 saturated heterocycles. The zero-order chi connectivity index (χ0) is 25.9. The van der Waals surface area contributed by atoms with Crippen LogP contribution in [0.25, 0.3) is 0 Å². The van der Waals surface area contributed by atoms with Gasteiger partial charge in [-0.15, -0.1) is 0 Å². The normalized spacial score (nSPS) is 18.4. The maximum Gasteiger partial charge on any atom is 0.416 e. The van der Waals surface area contributed by atoms with Crippen molar-refractivity contribution in [2.45, 2.75) is 45.8 Å². The third kappa shape index (κ3) is 6.03. The number of halogens is 3. The van der Waals surface area contributed by atoms with Gasteiger partial charge in [-0.1, -0.05) is 6.07 Å². The average molecular weight is 504 g/mol. The van der Waals surface area contributed by atoms with Crippen LogP contribution in [0.15, 0.2) is 36.4 Å². The molecule has 4 rings (SSSR count). The number of benzene rings is 2. The summed E-state index contributed by atoms with van der Waals surface area (Å²) in [4.78, 5) is 19.3. The van der Waals surface area contributed by atoms with Crippen molar-refractivity contribution in [1.29, 1.82) is 0 Å². The molecule has 0 bridgehead atoms. The van der Waals surface area contributed by atoms with E-state index in [4.69, 9.17) is 4.74 Å². The van der Waals surface area contributed by atoms with Crippen LogP contribution in [0.2, 0.25) is 0 Å². The molecule has 1 unspecified atom stereocenters. The van der Waals surface area contributed by atoms with Crippen LogP contribution in [0.4, 0.5) is 13.2 Å². The number of nitrogens with zero attached hydrogens (tertiary/aromatic N) is 3. The molecule has 2 fully saturated rings. The highest BCUT2D eigenvalue weighted by atomic mass is 19.4. The molecule has 2 aromatic rings. The molecule has 0 saturated carbocycles. The third-order valence-electron chi connectivity index (χ3n) is 7.70. The molecule has 0 radical (unpaired) electrons. The second-order valence-electron chi connectivity index (χ2n) is 9.88. The Kier molecular flexibility index (Phi) is 8.25. The summed E-state index contributed by atoms with van der Waals surface area (Å²) in [5.41, 5.74) is 3.19. The highest BCUT2D eigenvalue weighted by Crippen LogP contribution is 2.32. The second kappa shape index (κ2) is 11.2. The van der Waals surface area contributed by atoms with Crippen LogP contribution in [0, 0.1) is 13.8 Å². The molecule has 0 aromatic heterocycles. The topological polar surface area (TPSA) is 36.0 Å². The van der Waals surface area contributed by atoms with E-state index < -0.39 is 11.7 Å². The van der Waals surface area contributed by atoms with Crippen LogP contribution in [-0.2, 0) is 6.18 Å². The number of carbonyl (C=O) groups is 1. The van der Waals surface area contributed by atoms with E-state index in [2.05, 4.69) is 42.7 Å². The standard InChI is InChI=1S/C28H36F3N3O2/c1-20-21(2)26(36-19-18-32-12-4-5-13-32)11-10-25(20)22(3)33-14-16-34(17-15-33)27(35)23-6-8-24(9-7-23)28(29,30)31/h6-11,22H,4-5,12-19H2,1-3H3. The van der Waals surface area contributed by atoms with Gasteiger partial charge in [-0.05, 0) is 93.7 Å². The quantitative estimate of drug-likeness (QED) is 0.513. The average Bonchev–Trinajstić information content (AvgIpc) is 3.39. The van der Waals surface area contributed by atoms with Crippen molar-refractivity contribution < 1.29 is 22.7 Å². The summed E-state index contributed by atoms with van der Waals surface area (Å²) >= 11 is 0. The van der Waals surface area contributed by atoms with Gasteiger partial charge in [0.1, 0.15) is 12.4 Å². The molecule has 1 amide bonds. The van der Waals surface area contributed by atoms with E-state index in [0.717, 1.165) is 30.0 Å². The Bertz CT molecular complexity index is 1040. The molecular weight excluding hydrogens is 467 g/mol. The number of rotatable bonds is 7. The van der Waals surface area contributed by atoms with Crippen molar-refractivity contribution in [3.05, 3.63) is 64.2 Å². The van der Waals surface area contributed by atoms with E-state index >= 15 is 0 Å². The fraction of sp³-hybridized carbons (Fsp3) is 0.536. The summed E-state index contributed by atoms with van der Waals surface area (Å²) in [6, 6.07) is 8.88. The summed E-state index contributed by atoms with van der Waals surface area (Å²) in [6.45, 7) is 12.9. The Morgan fingerprint density at radius 2 is 1.56 bits per heavy atom. The van der Waals surface area contributed by atoms with Crippen molar-refractivity contribution >= 4 is 5.91 Å². The zero-order valence-corrected chi connectivity index (χ0v) is 21.4. The predicted molar refractivity (Wildman–Crippen MR) is 134 cm³/mol. The van der Waals surface area contributed by atoms with Gasteiger partial charge in [-0.3, -0.25) is 14.6 Å². The van der Waals surface area contributed by atoms with Crippen LogP contribution in [0.3, 0.4) is 0 Å². The van der Waals surface area contributed by atoms with Gasteiger partial charge >= 0.3 is 6.18 Å². The van der Waals surface area contributed by atoms with E-state index in [-0.39, 0.29) is 17.5 Å². The molecule has 1 atom stereocenters. The lowest BCUT2D eigenvalue weighted by Crippen LogP contribution is -2.49. The second-order valence-corrected chi connectivity index (χ2v) is 9.88. The minimum Gasteiger partial charge on any atom is -0.492 e. The molecule has 2 heterocycles. The van der Waals surface area contributed by atoms with Crippen LogP contribution in [0.1, 0.15) is 58.4 Å². The predicted octanol–water partition coefficient (Wildman–Crippen LogP) is 5.32. The number of ether oxygens (including phenoxy) is 1. The Hall–Kier alpha value is -2.58. The summed E-state index contributed by atoms with van der Waals surface area (Å²) < 4.78 is 44.5. The third-order valence-corrected chi connectivity index (χ3v) is 7.70. The molecule has 0 spiro atoms. The maximum absolute atomic E-state index is 12.8. The van der Waals surface area contributed by atoms with E-state index in [0.29, 0.717) is 32.8 Å². The molecule has 0 aliphatic carbocycles. The first-order valence-corrected chi connectivity index (χ1v) is 12.8. The molecule has 0 N–H and O–H groups in total. The van der Waals surface area contributed by atoms with Crippen molar-refractivity contribution in [1.82, 2.24) is 14.7 Å². The first-order chi connectivity index (χ1) is 17.1. The molecule has 5 nitrogen and oxygen atoms in total. The van der Waals surface area contributed by atoms with Crippen molar-refractivity contribution in [2.24, 2.45) is 0 Å². The van der Waals surface area contributed by atoms with Crippen LogP contribution in [-0.4, -0.2) is 73.0 Å². The summed E-state index contributed by atoms with van der Waals surface area (Å²) in [5.74, 6) is 0.716. The number of amides is 1. The molecule has 2 aliphatic heterocycles. The van der Waals surface area contributed by atoms with Gasteiger partial charge in [0.15, 0.2) is 0 Å². The smallest absolute Gasteiger partial charge is 0.416 e. The number of hydrogen-bond donors (Lipinski definition) is 0. The molecule has 2 aliphatic rings. The summed E-state index contributed by atoms with van der Waals surface area (Å²) in [6.07, 6.45) is -1.85. The first-order valence-electron chi connectivity index (χ1n) is 12.8. The van der Waals surface area contributed by atoms with Gasteiger partial charge in [0, 0.05) is 44.3 Å². The Labute approximate surface area is 211 Å². The van der Waals surface area contributed by atoms with Gasteiger partial charge in [0.05, 0.1) is 5.56 Å².